The number of hydrogen-bond acceptors (Lipinski definition) is 5. The molecule has 1 saturated heterocycles. The molecule has 1 aliphatic rings. The first-order valence-corrected chi connectivity index (χ1v) is 12.7. The van der Waals surface area contributed by atoms with Gasteiger partial charge in [0.1, 0.15) is 9.86 Å². The third-order valence-corrected chi connectivity index (χ3v) is 8.89. The molecule has 164 valence electrons. The van der Waals surface area contributed by atoms with Crippen molar-refractivity contribution in [3.05, 3.63) is 72.4 Å². The van der Waals surface area contributed by atoms with Gasteiger partial charge in [0.2, 0.25) is 5.91 Å². The lowest BCUT2D eigenvalue weighted by molar-refractivity contribution is -0.120. The van der Waals surface area contributed by atoms with Crippen LogP contribution in [0, 0.1) is 5.92 Å². The summed E-state index contributed by atoms with van der Waals surface area (Å²) in [6.45, 7) is 0.642. The van der Waals surface area contributed by atoms with Crippen molar-refractivity contribution in [1.29, 1.82) is 0 Å². The number of aromatic nitrogens is 2. The number of fused-ring (bicyclic) bond motifs is 1. The third-order valence-electron chi connectivity index (χ3n) is 5.66. The molecule has 1 aromatic carbocycles. The first-order chi connectivity index (χ1) is 15.5. The van der Waals surface area contributed by atoms with Crippen LogP contribution in [0.2, 0.25) is 0 Å². The molecule has 1 amide bonds. The van der Waals surface area contributed by atoms with Gasteiger partial charge in [-0.25, -0.2) is 13.4 Å². The van der Waals surface area contributed by atoms with E-state index in [-0.39, 0.29) is 18.4 Å². The number of hydrogen-bond donors (Lipinski definition) is 1. The molecule has 0 bridgehead atoms. The lowest BCUT2D eigenvalue weighted by atomic mass is 9.98. The Morgan fingerprint density at radius 2 is 1.94 bits per heavy atom. The number of piperidine rings is 1. The van der Waals surface area contributed by atoms with Crippen LogP contribution in [0.3, 0.4) is 0 Å². The lowest BCUT2D eigenvalue weighted by Gasteiger charge is -2.30. The predicted molar refractivity (Wildman–Crippen MR) is 125 cm³/mol. The average molecular weight is 467 g/mol. The number of nitrogens with zero attached hydrogens (tertiary/aromatic N) is 3. The fourth-order valence-electron chi connectivity index (χ4n) is 3.95. The molecule has 1 fully saturated rings. The van der Waals surface area contributed by atoms with Crippen molar-refractivity contribution in [3.63, 3.8) is 0 Å². The number of thiophene rings is 1. The molecule has 7 nitrogen and oxygen atoms in total. The SMILES string of the molecule is O=C(Nc1ccc(-c2cn3ccccc3n2)cc1)C1CCCN(S(=O)(=O)c2cccs2)C1. The molecule has 0 radical (unpaired) electrons. The third kappa shape index (κ3) is 4.06. The van der Waals surface area contributed by atoms with Crippen molar-refractivity contribution >= 4 is 38.6 Å². The van der Waals surface area contributed by atoms with E-state index in [0.717, 1.165) is 16.9 Å². The molecule has 4 heterocycles. The van der Waals surface area contributed by atoms with Gasteiger partial charge >= 0.3 is 0 Å². The number of pyridine rings is 1. The van der Waals surface area contributed by atoms with E-state index < -0.39 is 10.0 Å². The Morgan fingerprint density at radius 3 is 2.69 bits per heavy atom. The zero-order valence-electron chi connectivity index (χ0n) is 17.2. The highest BCUT2D eigenvalue weighted by Crippen LogP contribution is 2.27. The van der Waals surface area contributed by atoms with E-state index in [1.807, 2.05) is 59.3 Å². The maximum atomic E-state index is 12.9. The molecule has 0 saturated carbocycles. The van der Waals surface area contributed by atoms with E-state index >= 15 is 0 Å². The van der Waals surface area contributed by atoms with Crippen LogP contribution in [0.5, 0.6) is 0 Å². The number of carbonyl (C=O) groups is 1. The predicted octanol–water partition coefficient (Wildman–Crippen LogP) is 4.10. The summed E-state index contributed by atoms with van der Waals surface area (Å²) < 4.78 is 29.3. The average Bonchev–Trinajstić information content (AvgIpc) is 3.50. The van der Waals surface area contributed by atoms with Gasteiger partial charge in [-0.2, -0.15) is 4.31 Å². The molecule has 4 aromatic rings. The van der Waals surface area contributed by atoms with Crippen LogP contribution in [-0.4, -0.2) is 41.1 Å². The van der Waals surface area contributed by atoms with Gasteiger partial charge in [-0.1, -0.05) is 24.3 Å². The summed E-state index contributed by atoms with van der Waals surface area (Å²) >= 11 is 1.20. The highest BCUT2D eigenvalue weighted by Gasteiger charge is 2.33. The summed E-state index contributed by atoms with van der Waals surface area (Å²) in [5, 5.41) is 4.69. The molecule has 3 aromatic heterocycles. The van der Waals surface area contributed by atoms with Crippen molar-refractivity contribution in [2.24, 2.45) is 5.92 Å². The minimum Gasteiger partial charge on any atom is -0.326 e. The fourth-order valence-corrected chi connectivity index (χ4v) is 6.62. The molecule has 5 rings (SSSR count). The van der Waals surface area contributed by atoms with Crippen LogP contribution in [0.4, 0.5) is 5.69 Å². The molecular formula is C23H22N4O3S2. The maximum absolute atomic E-state index is 12.9. The van der Waals surface area contributed by atoms with E-state index in [9.17, 15) is 13.2 Å². The van der Waals surface area contributed by atoms with E-state index in [2.05, 4.69) is 10.3 Å². The van der Waals surface area contributed by atoms with E-state index in [1.165, 1.54) is 15.6 Å². The number of imidazole rings is 1. The first kappa shape index (κ1) is 20.9. The number of anilines is 1. The van der Waals surface area contributed by atoms with Gasteiger partial charge in [-0.3, -0.25) is 4.79 Å². The van der Waals surface area contributed by atoms with Crippen LogP contribution in [0.15, 0.2) is 76.6 Å². The summed E-state index contributed by atoms with van der Waals surface area (Å²) in [4.78, 5) is 17.5. The Bertz CT molecular complexity index is 1310. The van der Waals surface area contributed by atoms with Gasteiger partial charge in [0.15, 0.2) is 0 Å². The molecule has 9 heteroatoms. The van der Waals surface area contributed by atoms with Gasteiger partial charge in [-0.05, 0) is 48.6 Å². The highest BCUT2D eigenvalue weighted by atomic mass is 32.2. The van der Waals surface area contributed by atoms with Crippen LogP contribution in [-0.2, 0) is 14.8 Å². The first-order valence-electron chi connectivity index (χ1n) is 10.4. The van der Waals surface area contributed by atoms with Crippen molar-refractivity contribution < 1.29 is 13.2 Å². The summed E-state index contributed by atoms with van der Waals surface area (Å²) in [7, 11) is -3.54. The molecule has 1 unspecified atom stereocenters. The standard InChI is InChI=1S/C23H22N4O3S2/c28-23(18-5-3-13-27(15-18)32(29,30)22-7-4-14-31-22)24-19-10-8-17(9-11-19)20-16-26-12-2-1-6-21(26)25-20/h1-2,4,6-12,14,16,18H,3,5,13,15H2,(H,24,28). The smallest absolute Gasteiger partial charge is 0.252 e. The number of rotatable bonds is 5. The van der Waals surface area contributed by atoms with Crippen LogP contribution in [0.1, 0.15) is 12.8 Å². The fraction of sp³-hybridized carbons (Fsp3) is 0.217. The molecular weight excluding hydrogens is 444 g/mol. The topological polar surface area (TPSA) is 83.8 Å². The van der Waals surface area contributed by atoms with Gasteiger partial charge in [-0.15, -0.1) is 11.3 Å². The second kappa shape index (κ2) is 8.50. The zero-order valence-corrected chi connectivity index (χ0v) is 18.8. The van der Waals surface area contributed by atoms with Gasteiger partial charge in [0.25, 0.3) is 10.0 Å². The maximum Gasteiger partial charge on any atom is 0.252 e. The normalized spacial score (nSPS) is 17.4. The number of amides is 1. The minimum absolute atomic E-state index is 0.156. The second-order valence-electron chi connectivity index (χ2n) is 7.79. The van der Waals surface area contributed by atoms with E-state index in [1.54, 1.807) is 17.5 Å². The highest BCUT2D eigenvalue weighted by molar-refractivity contribution is 7.91. The van der Waals surface area contributed by atoms with Crippen LogP contribution in [0.25, 0.3) is 16.9 Å². The van der Waals surface area contributed by atoms with Gasteiger partial charge < -0.3 is 9.72 Å². The molecule has 1 N–H and O–H groups in total. The number of nitrogens with one attached hydrogen (secondary N) is 1. The Labute approximate surface area is 190 Å². The summed E-state index contributed by atoms with van der Waals surface area (Å²) in [6.07, 6.45) is 5.25. The lowest BCUT2D eigenvalue weighted by Crippen LogP contribution is -2.43. The molecule has 1 aliphatic heterocycles. The number of carbonyl (C=O) groups excluding carboxylic acids is 1. The molecule has 32 heavy (non-hydrogen) atoms. The van der Waals surface area contributed by atoms with E-state index in [4.69, 9.17) is 0 Å². The van der Waals surface area contributed by atoms with Crippen molar-refractivity contribution in [2.45, 2.75) is 17.1 Å². The molecule has 0 aliphatic carbocycles. The quantitative estimate of drug-likeness (QED) is 0.480. The summed E-state index contributed by atoms with van der Waals surface area (Å²) in [6, 6.07) is 16.7. The van der Waals surface area contributed by atoms with Crippen LogP contribution >= 0.6 is 11.3 Å². The summed E-state index contributed by atoms with van der Waals surface area (Å²) in [5.41, 5.74) is 3.37. The zero-order chi connectivity index (χ0) is 22.1. The molecule has 1 atom stereocenters. The monoisotopic (exact) mass is 466 g/mol. The van der Waals surface area contributed by atoms with Crippen molar-refractivity contribution in [3.8, 4) is 11.3 Å². The Morgan fingerprint density at radius 1 is 1.09 bits per heavy atom. The molecule has 0 spiro atoms. The number of benzene rings is 1. The van der Waals surface area contributed by atoms with Crippen LogP contribution < -0.4 is 5.32 Å². The number of sulfonamides is 1. The van der Waals surface area contributed by atoms with Gasteiger partial charge in [0, 0.05) is 36.7 Å². The summed E-state index contributed by atoms with van der Waals surface area (Å²) in [5.74, 6) is -0.534. The second-order valence-corrected chi connectivity index (χ2v) is 10.9. The Kier molecular flexibility index (Phi) is 5.54. The largest absolute Gasteiger partial charge is 0.326 e. The van der Waals surface area contributed by atoms with Gasteiger partial charge in [0.05, 0.1) is 11.6 Å². The minimum atomic E-state index is -3.54. The van der Waals surface area contributed by atoms with Crippen molar-refractivity contribution in [1.82, 2.24) is 13.7 Å². The Hall–Kier alpha value is -3.01. The van der Waals surface area contributed by atoms with E-state index in [0.29, 0.717) is 29.3 Å². The van der Waals surface area contributed by atoms with Crippen molar-refractivity contribution in [2.75, 3.05) is 18.4 Å². The Balaban J connectivity index is 1.26.